The van der Waals surface area contributed by atoms with Crippen LogP contribution in [0.1, 0.15) is 35.7 Å². The highest BCUT2D eigenvalue weighted by atomic mass is 16.5. The number of aromatic nitrogens is 3. The number of likely N-dealkylation sites (tertiary alicyclic amines) is 1. The molecule has 2 aliphatic rings. The monoisotopic (exact) mass is 467 g/mol. The summed E-state index contributed by atoms with van der Waals surface area (Å²) in [5, 5.41) is 8.57. The first-order valence-corrected chi connectivity index (χ1v) is 12.3. The van der Waals surface area contributed by atoms with Crippen molar-refractivity contribution in [3.8, 4) is 22.8 Å². The summed E-state index contributed by atoms with van der Waals surface area (Å²) in [5.74, 6) is 1.47. The Morgan fingerprint density at radius 3 is 2.71 bits per heavy atom. The Bertz CT molecular complexity index is 1400. The summed E-state index contributed by atoms with van der Waals surface area (Å²) in [4.78, 5) is 20.0. The molecule has 1 N–H and O–H groups in total. The van der Waals surface area contributed by atoms with Crippen LogP contribution in [0, 0.1) is 0 Å². The van der Waals surface area contributed by atoms with Gasteiger partial charge in [-0.1, -0.05) is 13.0 Å². The molecule has 3 heterocycles. The maximum atomic E-state index is 13.0. The van der Waals surface area contributed by atoms with Crippen LogP contribution in [-0.2, 0) is 13.5 Å². The second-order valence-corrected chi connectivity index (χ2v) is 9.55. The molecular weight excluding hydrogens is 438 g/mol. The molecule has 0 bridgehead atoms. The molecule has 0 spiro atoms. The molecule has 6 rings (SSSR count). The minimum atomic E-state index is 0.0180. The summed E-state index contributed by atoms with van der Waals surface area (Å²) in [7, 11) is 1.92. The summed E-state index contributed by atoms with van der Waals surface area (Å²) in [6.07, 6.45) is 6.98. The highest BCUT2D eigenvalue weighted by Gasteiger charge is 2.38. The molecule has 7 heteroatoms. The van der Waals surface area contributed by atoms with Crippen LogP contribution in [0.15, 0.2) is 60.9 Å². The van der Waals surface area contributed by atoms with Crippen molar-refractivity contribution in [2.75, 3.05) is 13.1 Å². The maximum Gasteiger partial charge on any atom is 0.251 e. The zero-order valence-corrected chi connectivity index (χ0v) is 20.1. The van der Waals surface area contributed by atoms with Gasteiger partial charge < -0.3 is 10.1 Å². The number of ether oxygens (including phenoxy) is 1. The Morgan fingerprint density at radius 2 is 1.91 bits per heavy atom. The third-order valence-electron chi connectivity index (χ3n) is 7.02. The number of fused-ring (bicyclic) bond motifs is 1. The average Bonchev–Trinajstić information content (AvgIpc) is 3.63. The van der Waals surface area contributed by atoms with E-state index in [0.717, 1.165) is 64.6 Å². The number of rotatable bonds is 7. The van der Waals surface area contributed by atoms with Crippen LogP contribution >= 0.6 is 0 Å². The Balaban J connectivity index is 1.18. The predicted molar refractivity (Wildman–Crippen MR) is 136 cm³/mol. The molecule has 0 radical (unpaired) electrons. The normalized spacial score (nSPS) is 16.3. The summed E-state index contributed by atoms with van der Waals surface area (Å²) >= 11 is 0. The first-order chi connectivity index (χ1) is 17.1. The zero-order valence-electron chi connectivity index (χ0n) is 20.1. The standard InChI is InChI=1S/C28H29N5O2/c1-3-18-12-19(5-9-25(18)28(34)31-21-16-33(17-21)22-6-7-22)26-13-24(10-11-29-26)35-23-8-4-20-15-30-32(2)27(20)14-23/h4-5,8-15,21-22H,3,6-7,16-17H2,1-2H3,(H,31,34). The van der Waals surface area contributed by atoms with Crippen LogP contribution in [0.4, 0.5) is 0 Å². The number of nitrogens with one attached hydrogen (secondary N) is 1. The predicted octanol–water partition coefficient (Wildman–Crippen LogP) is 4.57. The van der Waals surface area contributed by atoms with Crippen LogP contribution in [0.5, 0.6) is 11.5 Å². The number of carbonyl (C=O) groups is 1. The fraction of sp³-hybridized carbons (Fsp3) is 0.321. The molecule has 1 saturated heterocycles. The molecule has 1 saturated carbocycles. The van der Waals surface area contributed by atoms with Gasteiger partial charge in [0.2, 0.25) is 0 Å². The van der Waals surface area contributed by atoms with E-state index >= 15 is 0 Å². The SMILES string of the molecule is CCc1cc(-c2cc(Oc3ccc4cnn(C)c4c3)ccn2)ccc1C(=O)NC1CN(C2CC2)C1. The molecule has 0 atom stereocenters. The van der Waals surface area contributed by atoms with Gasteiger partial charge >= 0.3 is 0 Å². The molecular formula is C28H29N5O2. The lowest BCUT2D eigenvalue weighted by molar-refractivity contribution is 0.0792. The fourth-order valence-corrected chi connectivity index (χ4v) is 4.83. The van der Waals surface area contributed by atoms with Crippen molar-refractivity contribution < 1.29 is 9.53 Å². The van der Waals surface area contributed by atoms with E-state index in [0.29, 0.717) is 5.75 Å². The fourth-order valence-electron chi connectivity index (χ4n) is 4.83. The van der Waals surface area contributed by atoms with Gasteiger partial charge in [-0.25, -0.2) is 0 Å². The number of benzene rings is 2. The van der Waals surface area contributed by atoms with Gasteiger partial charge in [-0.05, 0) is 55.2 Å². The minimum absolute atomic E-state index is 0.0180. The van der Waals surface area contributed by atoms with Crippen molar-refractivity contribution >= 4 is 16.8 Å². The van der Waals surface area contributed by atoms with Crippen LogP contribution in [0.3, 0.4) is 0 Å². The van der Waals surface area contributed by atoms with Gasteiger partial charge in [-0.3, -0.25) is 19.4 Å². The number of amides is 1. The Morgan fingerprint density at radius 1 is 1.09 bits per heavy atom. The van der Waals surface area contributed by atoms with E-state index in [2.05, 4.69) is 33.3 Å². The van der Waals surface area contributed by atoms with Gasteiger partial charge in [0.1, 0.15) is 11.5 Å². The molecule has 7 nitrogen and oxygen atoms in total. The second-order valence-electron chi connectivity index (χ2n) is 9.55. The van der Waals surface area contributed by atoms with E-state index in [-0.39, 0.29) is 11.9 Å². The number of carbonyl (C=O) groups excluding carboxylic acids is 1. The van der Waals surface area contributed by atoms with Gasteiger partial charge in [-0.2, -0.15) is 5.10 Å². The van der Waals surface area contributed by atoms with Gasteiger partial charge in [-0.15, -0.1) is 0 Å². The largest absolute Gasteiger partial charge is 0.457 e. The Kier molecular flexibility index (Phi) is 5.49. The third-order valence-corrected chi connectivity index (χ3v) is 7.02. The van der Waals surface area contributed by atoms with E-state index in [1.165, 1.54) is 12.8 Å². The Hall–Kier alpha value is -3.71. The van der Waals surface area contributed by atoms with Gasteiger partial charge in [0, 0.05) is 61.0 Å². The quantitative estimate of drug-likeness (QED) is 0.431. The van der Waals surface area contributed by atoms with Gasteiger partial charge in [0.05, 0.1) is 23.4 Å². The molecule has 2 fully saturated rings. The average molecular weight is 468 g/mol. The van der Waals surface area contributed by atoms with Crippen LogP contribution in [0.2, 0.25) is 0 Å². The lowest BCUT2D eigenvalue weighted by Gasteiger charge is -2.39. The van der Waals surface area contributed by atoms with E-state index in [4.69, 9.17) is 4.74 Å². The van der Waals surface area contributed by atoms with Crippen LogP contribution in [0.25, 0.3) is 22.2 Å². The number of pyridine rings is 1. The molecule has 0 unspecified atom stereocenters. The van der Waals surface area contributed by atoms with Gasteiger partial charge in [0.15, 0.2) is 0 Å². The van der Waals surface area contributed by atoms with Crippen molar-refractivity contribution in [1.82, 2.24) is 25.0 Å². The Labute approximate surface area is 204 Å². The van der Waals surface area contributed by atoms with Crippen molar-refractivity contribution in [2.45, 2.75) is 38.3 Å². The van der Waals surface area contributed by atoms with E-state index < -0.39 is 0 Å². The summed E-state index contributed by atoms with van der Waals surface area (Å²) in [6, 6.07) is 16.7. The maximum absolute atomic E-state index is 13.0. The summed E-state index contributed by atoms with van der Waals surface area (Å²) in [5.41, 5.74) is 4.56. The van der Waals surface area contributed by atoms with E-state index in [9.17, 15) is 4.79 Å². The van der Waals surface area contributed by atoms with Crippen molar-refractivity contribution in [3.63, 3.8) is 0 Å². The molecule has 1 aliphatic carbocycles. The first-order valence-electron chi connectivity index (χ1n) is 12.3. The highest BCUT2D eigenvalue weighted by molar-refractivity contribution is 5.96. The number of aryl methyl sites for hydroxylation is 2. The molecule has 35 heavy (non-hydrogen) atoms. The summed E-state index contributed by atoms with van der Waals surface area (Å²) < 4.78 is 7.97. The van der Waals surface area contributed by atoms with E-state index in [1.54, 1.807) is 6.20 Å². The molecule has 2 aromatic carbocycles. The van der Waals surface area contributed by atoms with Crippen LogP contribution in [-0.4, -0.2) is 50.7 Å². The van der Waals surface area contributed by atoms with Crippen LogP contribution < -0.4 is 10.1 Å². The third kappa shape index (κ3) is 4.39. The number of nitrogens with zero attached hydrogens (tertiary/aromatic N) is 4. The molecule has 1 aliphatic heterocycles. The smallest absolute Gasteiger partial charge is 0.251 e. The second kappa shape index (κ2) is 8.82. The molecule has 2 aromatic heterocycles. The lowest BCUT2D eigenvalue weighted by Crippen LogP contribution is -2.59. The molecule has 4 aromatic rings. The molecule has 178 valence electrons. The minimum Gasteiger partial charge on any atom is -0.457 e. The topological polar surface area (TPSA) is 72.3 Å². The summed E-state index contributed by atoms with van der Waals surface area (Å²) in [6.45, 7) is 4.02. The number of hydrogen-bond donors (Lipinski definition) is 1. The van der Waals surface area contributed by atoms with Crippen molar-refractivity contribution in [3.05, 3.63) is 72.1 Å². The van der Waals surface area contributed by atoms with Crippen molar-refractivity contribution in [1.29, 1.82) is 0 Å². The van der Waals surface area contributed by atoms with Crippen molar-refractivity contribution in [2.24, 2.45) is 7.05 Å². The first kappa shape index (κ1) is 21.8. The zero-order chi connectivity index (χ0) is 23.9. The lowest BCUT2D eigenvalue weighted by atomic mass is 9.98. The molecule has 1 amide bonds. The highest BCUT2D eigenvalue weighted by Crippen LogP contribution is 2.31. The number of hydrogen-bond acceptors (Lipinski definition) is 5. The van der Waals surface area contributed by atoms with E-state index in [1.807, 2.05) is 60.4 Å². The van der Waals surface area contributed by atoms with Gasteiger partial charge in [0.25, 0.3) is 5.91 Å².